The van der Waals surface area contributed by atoms with Gasteiger partial charge < -0.3 is 0 Å². The normalized spacial score (nSPS) is 10.9. The summed E-state index contributed by atoms with van der Waals surface area (Å²) in [6, 6.07) is 5.51. The van der Waals surface area contributed by atoms with E-state index in [1.165, 1.54) is 30.5 Å². The van der Waals surface area contributed by atoms with Gasteiger partial charge in [0.15, 0.2) is 0 Å². The van der Waals surface area contributed by atoms with Gasteiger partial charge in [-0.05, 0) is 26.0 Å². The lowest BCUT2D eigenvalue weighted by Crippen LogP contribution is -2.02. The highest BCUT2D eigenvalue weighted by atomic mass is 16.6. The Balaban J connectivity index is 2.82. The van der Waals surface area contributed by atoms with Gasteiger partial charge in [-0.15, -0.1) is 0 Å². The van der Waals surface area contributed by atoms with E-state index >= 15 is 0 Å². The SMILES string of the molecule is CC(C)N=CC(=O)c1ccc([N+](=O)[O-])cc1. The molecule has 0 saturated carbocycles. The first kappa shape index (κ1) is 12.0. The molecule has 0 aliphatic carbocycles. The topological polar surface area (TPSA) is 72.6 Å². The Morgan fingerprint density at radius 1 is 1.38 bits per heavy atom. The number of non-ortho nitro benzene ring substituents is 1. The monoisotopic (exact) mass is 220 g/mol. The second kappa shape index (κ2) is 5.16. The standard InChI is InChI=1S/C11H12N2O3/c1-8(2)12-7-11(14)9-3-5-10(6-4-9)13(15)16/h3-8H,1-2H3. The van der Waals surface area contributed by atoms with E-state index in [0.29, 0.717) is 5.56 Å². The highest BCUT2D eigenvalue weighted by Crippen LogP contribution is 2.11. The van der Waals surface area contributed by atoms with E-state index in [1.807, 2.05) is 13.8 Å². The minimum Gasteiger partial charge on any atom is -0.288 e. The predicted molar refractivity (Wildman–Crippen MR) is 61.1 cm³/mol. The summed E-state index contributed by atoms with van der Waals surface area (Å²) in [5, 5.41) is 10.4. The van der Waals surface area contributed by atoms with Gasteiger partial charge in [0.1, 0.15) is 0 Å². The maximum absolute atomic E-state index is 11.5. The van der Waals surface area contributed by atoms with Gasteiger partial charge in [-0.2, -0.15) is 0 Å². The number of rotatable bonds is 4. The smallest absolute Gasteiger partial charge is 0.269 e. The lowest BCUT2D eigenvalue weighted by molar-refractivity contribution is -0.384. The molecular weight excluding hydrogens is 208 g/mol. The Morgan fingerprint density at radius 2 is 1.94 bits per heavy atom. The van der Waals surface area contributed by atoms with Crippen molar-refractivity contribution in [3.05, 3.63) is 39.9 Å². The maximum Gasteiger partial charge on any atom is 0.269 e. The van der Waals surface area contributed by atoms with Gasteiger partial charge in [-0.1, -0.05) is 0 Å². The summed E-state index contributed by atoms with van der Waals surface area (Å²) in [6.45, 7) is 3.72. The number of hydrogen-bond acceptors (Lipinski definition) is 4. The first-order chi connectivity index (χ1) is 7.50. The first-order valence-corrected chi connectivity index (χ1v) is 4.82. The van der Waals surface area contributed by atoms with Gasteiger partial charge >= 0.3 is 0 Å². The number of ketones is 1. The molecular formula is C11H12N2O3. The van der Waals surface area contributed by atoms with Gasteiger partial charge in [-0.25, -0.2) is 0 Å². The molecule has 0 aromatic heterocycles. The summed E-state index contributed by atoms with van der Waals surface area (Å²) in [5.74, 6) is -0.247. The summed E-state index contributed by atoms with van der Waals surface area (Å²) < 4.78 is 0. The number of Topliss-reactive ketones (excluding diaryl/α,β-unsaturated/α-hetero) is 1. The Kier molecular flexibility index (Phi) is 3.88. The van der Waals surface area contributed by atoms with Crippen molar-refractivity contribution in [2.24, 2.45) is 4.99 Å². The van der Waals surface area contributed by atoms with Crippen LogP contribution in [0.1, 0.15) is 24.2 Å². The Hall–Kier alpha value is -2.04. The molecule has 0 fully saturated rings. The molecule has 1 rings (SSSR count). The number of carbonyl (C=O) groups is 1. The molecule has 0 radical (unpaired) electrons. The summed E-state index contributed by atoms with van der Waals surface area (Å²) in [6.07, 6.45) is 1.24. The average molecular weight is 220 g/mol. The quantitative estimate of drug-likeness (QED) is 0.338. The number of nitrogens with zero attached hydrogens (tertiary/aromatic N) is 2. The summed E-state index contributed by atoms with van der Waals surface area (Å²) in [5.41, 5.74) is 0.368. The van der Waals surface area contributed by atoms with Crippen LogP contribution in [0, 0.1) is 10.1 Å². The zero-order chi connectivity index (χ0) is 12.1. The van der Waals surface area contributed by atoms with Crippen LogP contribution in [-0.4, -0.2) is 23.0 Å². The first-order valence-electron chi connectivity index (χ1n) is 4.82. The van der Waals surface area contributed by atoms with Crippen molar-refractivity contribution < 1.29 is 9.72 Å². The number of carbonyl (C=O) groups excluding carboxylic acids is 1. The molecule has 0 aliphatic rings. The zero-order valence-corrected chi connectivity index (χ0v) is 9.08. The van der Waals surface area contributed by atoms with Gasteiger partial charge in [-0.3, -0.25) is 19.9 Å². The van der Waals surface area contributed by atoms with Crippen molar-refractivity contribution in [2.45, 2.75) is 19.9 Å². The maximum atomic E-state index is 11.5. The van der Waals surface area contributed by atoms with E-state index in [-0.39, 0.29) is 17.5 Å². The van der Waals surface area contributed by atoms with Crippen LogP contribution in [0.3, 0.4) is 0 Å². The molecule has 5 nitrogen and oxygen atoms in total. The number of aliphatic imine (C=N–C) groups is 1. The minimum absolute atomic E-state index is 0.0302. The fraction of sp³-hybridized carbons (Fsp3) is 0.273. The molecule has 0 amide bonds. The number of nitro benzene ring substituents is 1. The third-order valence-electron chi connectivity index (χ3n) is 1.85. The second-order valence-corrected chi connectivity index (χ2v) is 3.54. The van der Waals surface area contributed by atoms with Crippen molar-refractivity contribution >= 4 is 17.7 Å². The van der Waals surface area contributed by atoms with E-state index in [4.69, 9.17) is 0 Å². The molecule has 0 heterocycles. The van der Waals surface area contributed by atoms with Gasteiger partial charge in [0.2, 0.25) is 5.78 Å². The number of benzene rings is 1. The Bertz CT molecular complexity index is 421. The zero-order valence-electron chi connectivity index (χ0n) is 9.08. The van der Waals surface area contributed by atoms with Crippen LogP contribution in [0.4, 0.5) is 5.69 Å². The van der Waals surface area contributed by atoms with Crippen LogP contribution in [-0.2, 0) is 0 Å². The second-order valence-electron chi connectivity index (χ2n) is 3.54. The molecule has 0 aliphatic heterocycles. The largest absolute Gasteiger partial charge is 0.288 e. The van der Waals surface area contributed by atoms with E-state index in [0.717, 1.165) is 0 Å². The number of nitro groups is 1. The van der Waals surface area contributed by atoms with Crippen molar-refractivity contribution in [1.29, 1.82) is 0 Å². The van der Waals surface area contributed by atoms with Crippen LogP contribution in [0.15, 0.2) is 29.3 Å². The minimum atomic E-state index is -0.504. The highest BCUT2D eigenvalue weighted by molar-refractivity contribution is 6.35. The fourth-order valence-corrected chi connectivity index (χ4v) is 1.04. The third kappa shape index (κ3) is 3.27. The van der Waals surface area contributed by atoms with Gasteiger partial charge in [0.05, 0.1) is 11.1 Å². The molecule has 0 saturated heterocycles. The molecule has 1 aromatic rings. The summed E-state index contributed by atoms with van der Waals surface area (Å²) in [7, 11) is 0. The average Bonchev–Trinajstić information content (AvgIpc) is 2.26. The fourth-order valence-electron chi connectivity index (χ4n) is 1.04. The molecule has 0 atom stereocenters. The van der Waals surface area contributed by atoms with E-state index in [1.54, 1.807) is 0 Å². The summed E-state index contributed by atoms with van der Waals surface area (Å²) >= 11 is 0. The Labute approximate surface area is 93.0 Å². The molecule has 16 heavy (non-hydrogen) atoms. The van der Waals surface area contributed by atoms with E-state index in [2.05, 4.69) is 4.99 Å². The molecule has 0 unspecified atom stereocenters. The van der Waals surface area contributed by atoms with Gasteiger partial charge in [0.25, 0.3) is 5.69 Å². The van der Waals surface area contributed by atoms with Crippen LogP contribution < -0.4 is 0 Å². The molecule has 1 aromatic carbocycles. The van der Waals surface area contributed by atoms with Gasteiger partial charge in [0, 0.05) is 23.7 Å². The van der Waals surface area contributed by atoms with Crippen molar-refractivity contribution in [2.75, 3.05) is 0 Å². The number of hydrogen-bond donors (Lipinski definition) is 0. The van der Waals surface area contributed by atoms with Crippen LogP contribution in [0.5, 0.6) is 0 Å². The van der Waals surface area contributed by atoms with E-state index in [9.17, 15) is 14.9 Å². The van der Waals surface area contributed by atoms with Crippen LogP contribution in [0.2, 0.25) is 0 Å². The van der Waals surface area contributed by atoms with Crippen LogP contribution >= 0.6 is 0 Å². The molecule has 0 bridgehead atoms. The van der Waals surface area contributed by atoms with Crippen LogP contribution in [0.25, 0.3) is 0 Å². The van der Waals surface area contributed by atoms with E-state index < -0.39 is 4.92 Å². The lowest BCUT2D eigenvalue weighted by Gasteiger charge is -1.96. The van der Waals surface area contributed by atoms with Crippen molar-refractivity contribution in [3.8, 4) is 0 Å². The molecule has 5 heteroatoms. The van der Waals surface area contributed by atoms with Crippen molar-refractivity contribution in [3.63, 3.8) is 0 Å². The van der Waals surface area contributed by atoms with Crippen molar-refractivity contribution in [1.82, 2.24) is 0 Å². The third-order valence-corrected chi connectivity index (χ3v) is 1.85. The Morgan fingerprint density at radius 3 is 2.38 bits per heavy atom. The molecule has 0 spiro atoms. The molecule has 84 valence electrons. The highest BCUT2D eigenvalue weighted by Gasteiger charge is 2.07. The predicted octanol–water partition coefficient (Wildman–Crippen LogP) is 2.26. The lowest BCUT2D eigenvalue weighted by atomic mass is 10.1. The summed E-state index contributed by atoms with van der Waals surface area (Å²) in [4.78, 5) is 25.3. The molecule has 0 N–H and O–H groups in total.